The molecular weight excluding hydrogens is 697 g/mol. The number of unbranched alkanes of at least 4 members (excludes halogenated alkanes) is 7. The number of nitrogens with zero attached hydrogens (tertiary/aromatic N) is 1. The molecule has 1 heterocycles. The van der Waals surface area contributed by atoms with Gasteiger partial charge in [-0.25, -0.2) is 0 Å². The number of rotatable bonds is 18. The van der Waals surface area contributed by atoms with Crippen LogP contribution in [0.4, 0.5) is 27.6 Å². The Morgan fingerprint density at radius 1 is 0.759 bits per heavy atom. The quantitative estimate of drug-likeness (QED) is 0.0891. The highest BCUT2D eigenvalue weighted by Crippen LogP contribution is 2.44. The Hall–Kier alpha value is -3.50. The Morgan fingerprint density at radius 2 is 1.37 bits per heavy atom. The molecule has 10 heteroatoms. The molecule has 1 saturated heterocycles. The van der Waals surface area contributed by atoms with Crippen molar-refractivity contribution in [3.63, 3.8) is 0 Å². The van der Waals surface area contributed by atoms with Crippen LogP contribution in [-0.2, 0) is 17.3 Å². The van der Waals surface area contributed by atoms with Crippen LogP contribution in [-0.4, -0.2) is 47.8 Å². The first kappa shape index (κ1) is 43.2. The van der Waals surface area contributed by atoms with Crippen LogP contribution in [0.5, 0.6) is 0 Å². The number of carboxylic acid groups (broad SMARTS) is 1. The van der Waals surface area contributed by atoms with E-state index in [2.05, 4.69) is 22.5 Å². The van der Waals surface area contributed by atoms with Gasteiger partial charge in [0.15, 0.2) is 0 Å². The molecule has 0 radical (unpaired) electrons. The predicted octanol–water partition coefficient (Wildman–Crippen LogP) is 11.9. The van der Waals surface area contributed by atoms with Gasteiger partial charge in [-0.3, -0.25) is 9.69 Å². The second kappa shape index (κ2) is 22.2. The molecule has 2 aliphatic rings. The largest absolute Gasteiger partial charge is 0.481 e. The minimum Gasteiger partial charge on any atom is -0.481 e. The summed E-state index contributed by atoms with van der Waals surface area (Å²) in [4.78, 5) is 13.4. The average molecular weight is 758 g/mol. The van der Waals surface area contributed by atoms with Crippen LogP contribution in [0.15, 0.2) is 78.9 Å². The summed E-state index contributed by atoms with van der Waals surface area (Å²) in [6.45, 7) is 5.59. The molecular formula is C44H60F5N3O2. The molecule has 1 aliphatic carbocycles. The normalized spacial score (nSPS) is 16.7. The van der Waals surface area contributed by atoms with Crippen LogP contribution in [0.2, 0.25) is 0 Å². The van der Waals surface area contributed by atoms with E-state index in [4.69, 9.17) is 0 Å². The monoisotopic (exact) mass is 757 g/mol. The van der Waals surface area contributed by atoms with Crippen molar-refractivity contribution in [3.8, 4) is 0 Å². The molecule has 1 aliphatic heterocycles. The van der Waals surface area contributed by atoms with Crippen LogP contribution in [0.25, 0.3) is 0 Å². The summed E-state index contributed by atoms with van der Waals surface area (Å²) < 4.78 is 66.0. The van der Waals surface area contributed by atoms with Gasteiger partial charge < -0.3 is 15.7 Å². The van der Waals surface area contributed by atoms with Gasteiger partial charge in [0.25, 0.3) is 0 Å². The van der Waals surface area contributed by atoms with E-state index in [1.807, 2.05) is 54.6 Å². The molecule has 298 valence electrons. The number of benzene rings is 3. The van der Waals surface area contributed by atoms with Crippen LogP contribution in [0, 0.1) is 5.92 Å². The van der Waals surface area contributed by atoms with Gasteiger partial charge in [-0.05, 0) is 80.6 Å². The zero-order valence-electron chi connectivity index (χ0n) is 31.9. The number of hydrogen-bond donors (Lipinski definition) is 3. The lowest BCUT2D eigenvalue weighted by Gasteiger charge is -2.30. The van der Waals surface area contributed by atoms with Crippen molar-refractivity contribution in [3.05, 3.63) is 101 Å². The molecule has 0 bridgehead atoms. The first-order chi connectivity index (χ1) is 26.0. The van der Waals surface area contributed by atoms with Crippen molar-refractivity contribution in [2.75, 3.05) is 25.0 Å². The molecule has 5 nitrogen and oxygen atoms in total. The Bertz CT molecular complexity index is 1490. The van der Waals surface area contributed by atoms with Gasteiger partial charge in [0.05, 0.1) is 12.0 Å². The number of piperidine rings is 1. The molecule has 3 aromatic carbocycles. The molecule has 1 unspecified atom stereocenters. The Labute approximate surface area is 319 Å². The van der Waals surface area contributed by atoms with Crippen LogP contribution in [0.3, 0.4) is 0 Å². The fourth-order valence-electron chi connectivity index (χ4n) is 7.45. The van der Waals surface area contributed by atoms with Crippen molar-refractivity contribution >= 4 is 11.7 Å². The maximum absolute atomic E-state index is 13.8. The number of alkyl halides is 5. The fraction of sp³-hybridized carbons (Fsp3) is 0.568. The minimum atomic E-state index is -5.67. The third-order valence-corrected chi connectivity index (χ3v) is 10.7. The van der Waals surface area contributed by atoms with Gasteiger partial charge in [0.2, 0.25) is 0 Å². The number of nitrogens with one attached hydrogen (secondary N) is 2. The lowest BCUT2D eigenvalue weighted by atomic mass is 9.95. The number of hydrogen-bond acceptors (Lipinski definition) is 4. The Morgan fingerprint density at radius 3 is 1.98 bits per heavy atom. The van der Waals surface area contributed by atoms with Gasteiger partial charge in [0.1, 0.15) is 0 Å². The number of likely N-dealkylation sites (tertiary alicyclic amines) is 1. The maximum Gasteiger partial charge on any atom is 0.458 e. The topological polar surface area (TPSA) is 64.6 Å². The zero-order chi connectivity index (χ0) is 38.8. The number of aliphatic carboxylic acids is 1. The maximum atomic E-state index is 13.8. The van der Waals surface area contributed by atoms with Crippen LogP contribution >= 0.6 is 0 Å². The van der Waals surface area contributed by atoms with Crippen molar-refractivity contribution < 1.29 is 31.9 Å². The van der Waals surface area contributed by atoms with Crippen LogP contribution in [0.1, 0.15) is 132 Å². The summed E-state index contributed by atoms with van der Waals surface area (Å²) in [5, 5.41) is 16.3. The Kier molecular flexibility index (Phi) is 17.7. The average Bonchev–Trinajstić information content (AvgIpc) is 3.17. The van der Waals surface area contributed by atoms with Crippen molar-refractivity contribution in [2.45, 2.75) is 134 Å². The van der Waals surface area contributed by atoms with Crippen molar-refractivity contribution in [1.82, 2.24) is 10.2 Å². The number of halogens is 5. The summed E-state index contributed by atoms with van der Waals surface area (Å²) in [5.74, 6) is -6.00. The predicted molar refractivity (Wildman–Crippen MR) is 208 cm³/mol. The molecule has 5 rings (SSSR count). The van der Waals surface area contributed by atoms with E-state index in [0.717, 1.165) is 35.0 Å². The molecule has 1 saturated carbocycles. The second-order valence-electron chi connectivity index (χ2n) is 15.0. The van der Waals surface area contributed by atoms with Gasteiger partial charge >= 0.3 is 18.1 Å². The van der Waals surface area contributed by atoms with E-state index in [0.29, 0.717) is 38.0 Å². The van der Waals surface area contributed by atoms with Crippen molar-refractivity contribution in [1.29, 1.82) is 0 Å². The third kappa shape index (κ3) is 14.0. The first-order valence-electron chi connectivity index (χ1n) is 20.1. The second-order valence-corrected chi connectivity index (χ2v) is 15.0. The highest BCUT2D eigenvalue weighted by atomic mass is 19.4. The van der Waals surface area contributed by atoms with Gasteiger partial charge in [-0.2, -0.15) is 22.0 Å². The summed E-state index contributed by atoms with van der Waals surface area (Å²) in [6, 6.07) is 21.5. The summed E-state index contributed by atoms with van der Waals surface area (Å²) >= 11 is 0. The Balaban J connectivity index is 0.000000321. The zero-order valence-corrected chi connectivity index (χ0v) is 31.9. The van der Waals surface area contributed by atoms with E-state index in [9.17, 15) is 31.9 Å². The first-order valence-corrected chi connectivity index (χ1v) is 20.1. The highest BCUT2D eigenvalue weighted by Gasteiger charge is 2.58. The summed E-state index contributed by atoms with van der Waals surface area (Å²) in [5.41, 5.74) is 2.03. The molecule has 0 aromatic heterocycles. The highest BCUT2D eigenvalue weighted by molar-refractivity contribution is 5.70. The van der Waals surface area contributed by atoms with E-state index in [-0.39, 0.29) is 5.92 Å². The minimum absolute atomic E-state index is 0.307. The molecule has 2 fully saturated rings. The fourth-order valence-corrected chi connectivity index (χ4v) is 7.45. The SMILES string of the molecule is CCCCCCCCCCNC1CCCCC1.O=C(O)C1CCN(Cc2cccc(NC(c3ccccc3)c3ccc(C(F)(F)C(F)(F)F)cc3)c2)CC1. The van der Waals surface area contributed by atoms with Gasteiger partial charge in [0, 0.05) is 23.8 Å². The lowest BCUT2D eigenvalue weighted by molar-refractivity contribution is -0.289. The smallest absolute Gasteiger partial charge is 0.458 e. The van der Waals surface area contributed by atoms with Crippen molar-refractivity contribution in [2.24, 2.45) is 5.92 Å². The van der Waals surface area contributed by atoms with E-state index >= 15 is 0 Å². The molecule has 3 N–H and O–H groups in total. The summed E-state index contributed by atoms with van der Waals surface area (Å²) in [7, 11) is 0. The lowest BCUT2D eigenvalue weighted by Crippen LogP contribution is -2.35. The number of carbonyl (C=O) groups is 1. The molecule has 3 aromatic rings. The van der Waals surface area contributed by atoms with E-state index < -0.39 is 29.7 Å². The summed E-state index contributed by atoms with van der Waals surface area (Å²) in [6.07, 6.45) is 14.2. The van der Waals surface area contributed by atoms with Gasteiger partial charge in [-0.1, -0.05) is 138 Å². The third-order valence-electron chi connectivity index (χ3n) is 10.7. The molecule has 0 spiro atoms. The van der Waals surface area contributed by atoms with Gasteiger partial charge in [-0.15, -0.1) is 0 Å². The van der Waals surface area contributed by atoms with E-state index in [1.165, 1.54) is 102 Å². The number of anilines is 1. The standard InChI is InChI=1S/C28H27F5N2O2.C16H33N/c29-27(30,28(31,32)33)23-11-9-21(10-12-23)25(20-6-2-1-3-7-20)34-24-8-4-5-19(17-24)18-35-15-13-22(14-16-35)26(36)37;1-2-3-4-5-6-7-8-12-15-17-16-13-10-9-11-14-16/h1-12,17,22,25,34H,13-16,18H2,(H,36,37);16-17H,2-15H2,1H3. The molecule has 54 heavy (non-hydrogen) atoms. The number of carboxylic acids is 1. The molecule has 0 amide bonds. The van der Waals surface area contributed by atoms with E-state index in [1.54, 1.807) is 0 Å². The van der Waals surface area contributed by atoms with Crippen LogP contribution < -0.4 is 10.6 Å². The molecule has 1 atom stereocenters.